The molecule has 0 radical (unpaired) electrons. The predicted octanol–water partition coefficient (Wildman–Crippen LogP) is 3.57. The van der Waals surface area contributed by atoms with E-state index in [4.69, 9.17) is 16.3 Å². The number of carbonyl (C=O) groups is 2. The second-order valence-electron chi connectivity index (χ2n) is 7.92. The molecule has 4 heterocycles. The summed E-state index contributed by atoms with van der Waals surface area (Å²) in [6.07, 6.45) is 5.95. The van der Waals surface area contributed by atoms with Gasteiger partial charge in [-0.25, -0.2) is 0 Å². The van der Waals surface area contributed by atoms with Gasteiger partial charge in [0.05, 0.1) is 35.5 Å². The number of amides is 2. The highest BCUT2D eigenvalue weighted by molar-refractivity contribution is 6.31. The molecule has 160 valence electrons. The summed E-state index contributed by atoms with van der Waals surface area (Å²) in [7, 11) is 0. The molecule has 2 aromatic heterocycles. The quantitative estimate of drug-likeness (QED) is 0.786. The van der Waals surface area contributed by atoms with Crippen molar-refractivity contribution in [3.05, 3.63) is 52.1 Å². The van der Waals surface area contributed by atoms with Crippen LogP contribution in [0.3, 0.4) is 0 Å². The maximum atomic E-state index is 13.2. The van der Waals surface area contributed by atoms with E-state index in [0.29, 0.717) is 42.5 Å². The van der Waals surface area contributed by atoms with Gasteiger partial charge in [0.15, 0.2) is 0 Å². The standard InChI is InChI=1S/C22H27ClN4O3/c1-3-18(15-6-7-24-12-17(15)23)25-21(28)16-11-19(27-9-10-30-13-20(16)27)22(29)26-8-4-5-14(26)2/h6-7,11-12,14,18H,3-5,8-10,13H2,1-2H3,(H,25,28)/t14-,18+/m0/s1. The summed E-state index contributed by atoms with van der Waals surface area (Å²) in [5.41, 5.74) is 2.65. The van der Waals surface area contributed by atoms with E-state index in [0.717, 1.165) is 30.6 Å². The van der Waals surface area contributed by atoms with Crippen molar-refractivity contribution < 1.29 is 14.3 Å². The van der Waals surface area contributed by atoms with Gasteiger partial charge in [0.2, 0.25) is 0 Å². The number of rotatable bonds is 5. The Hall–Kier alpha value is -2.38. The lowest BCUT2D eigenvalue weighted by molar-refractivity contribution is 0.0683. The molecule has 2 aromatic rings. The summed E-state index contributed by atoms with van der Waals surface area (Å²) >= 11 is 6.29. The maximum absolute atomic E-state index is 13.2. The van der Waals surface area contributed by atoms with Crippen LogP contribution in [0.5, 0.6) is 0 Å². The van der Waals surface area contributed by atoms with Gasteiger partial charge in [0.25, 0.3) is 11.8 Å². The van der Waals surface area contributed by atoms with Crippen LogP contribution in [-0.4, -0.2) is 45.5 Å². The summed E-state index contributed by atoms with van der Waals surface area (Å²) in [5, 5.41) is 3.60. The minimum Gasteiger partial charge on any atom is -0.373 e. The highest BCUT2D eigenvalue weighted by Crippen LogP contribution is 2.28. The van der Waals surface area contributed by atoms with E-state index in [2.05, 4.69) is 17.2 Å². The van der Waals surface area contributed by atoms with Crippen molar-refractivity contribution in [2.24, 2.45) is 0 Å². The fourth-order valence-electron chi connectivity index (χ4n) is 4.38. The molecule has 2 aliphatic rings. The highest BCUT2D eigenvalue weighted by Gasteiger charge is 2.32. The zero-order valence-electron chi connectivity index (χ0n) is 17.4. The number of likely N-dealkylation sites (tertiary alicyclic amines) is 1. The van der Waals surface area contributed by atoms with Crippen LogP contribution in [0.1, 0.15) is 71.3 Å². The smallest absolute Gasteiger partial charge is 0.270 e. The third kappa shape index (κ3) is 3.84. The Bertz CT molecular complexity index is 958. The van der Waals surface area contributed by atoms with Gasteiger partial charge in [-0.1, -0.05) is 18.5 Å². The number of hydrogen-bond donors (Lipinski definition) is 1. The van der Waals surface area contributed by atoms with Crippen LogP contribution < -0.4 is 5.32 Å². The Morgan fingerprint density at radius 3 is 2.93 bits per heavy atom. The van der Waals surface area contributed by atoms with Crippen molar-refractivity contribution in [3.63, 3.8) is 0 Å². The first-order valence-corrected chi connectivity index (χ1v) is 10.9. The molecule has 1 N–H and O–H groups in total. The van der Waals surface area contributed by atoms with Crippen LogP contribution in [0.2, 0.25) is 5.02 Å². The zero-order chi connectivity index (χ0) is 21.3. The molecule has 0 unspecified atom stereocenters. The lowest BCUT2D eigenvalue weighted by Crippen LogP contribution is -2.35. The number of fused-ring (bicyclic) bond motifs is 1. The Morgan fingerprint density at radius 1 is 1.40 bits per heavy atom. The van der Waals surface area contributed by atoms with Crippen molar-refractivity contribution in [1.82, 2.24) is 19.8 Å². The second-order valence-corrected chi connectivity index (χ2v) is 8.32. The number of hydrogen-bond acceptors (Lipinski definition) is 4. The molecule has 2 amide bonds. The fraction of sp³-hybridized carbons (Fsp3) is 0.500. The lowest BCUT2D eigenvalue weighted by atomic mass is 10.1. The van der Waals surface area contributed by atoms with Gasteiger partial charge in [-0.15, -0.1) is 0 Å². The summed E-state index contributed by atoms with van der Waals surface area (Å²) in [5.74, 6) is -0.232. The number of halogens is 1. The van der Waals surface area contributed by atoms with Gasteiger partial charge in [0, 0.05) is 31.5 Å². The van der Waals surface area contributed by atoms with Crippen LogP contribution in [0, 0.1) is 0 Å². The Kier molecular flexibility index (Phi) is 6.11. The van der Waals surface area contributed by atoms with Gasteiger partial charge in [-0.05, 0) is 43.9 Å². The molecule has 4 rings (SSSR count). The van der Waals surface area contributed by atoms with Gasteiger partial charge < -0.3 is 19.5 Å². The highest BCUT2D eigenvalue weighted by atomic mass is 35.5. The lowest BCUT2D eigenvalue weighted by Gasteiger charge is -2.24. The van der Waals surface area contributed by atoms with E-state index in [-0.39, 0.29) is 23.9 Å². The summed E-state index contributed by atoms with van der Waals surface area (Å²) < 4.78 is 7.56. The minimum absolute atomic E-state index is 0.00794. The molecule has 1 saturated heterocycles. The Labute approximate surface area is 181 Å². The molecule has 7 nitrogen and oxygen atoms in total. The van der Waals surface area contributed by atoms with E-state index >= 15 is 0 Å². The average molecular weight is 431 g/mol. The number of pyridine rings is 1. The van der Waals surface area contributed by atoms with Gasteiger partial charge in [0.1, 0.15) is 5.69 Å². The van der Waals surface area contributed by atoms with E-state index in [1.807, 2.05) is 22.5 Å². The van der Waals surface area contributed by atoms with E-state index < -0.39 is 0 Å². The SMILES string of the molecule is CC[C@@H](NC(=O)c1cc(C(=O)N2CCC[C@@H]2C)n2c1COCC2)c1ccncc1Cl. The van der Waals surface area contributed by atoms with Crippen LogP contribution in [0.4, 0.5) is 0 Å². The van der Waals surface area contributed by atoms with Crippen molar-refractivity contribution in [1.29, 1.82) is 0 Å². The van der Waals surface area contributed by atoms with Gasteiger partial charge in [-0.2, -0.15) is 0 Å². The first-order valence-electron chi connectivity index (χ1n) is 10.5. The molecule has 0 spiro atoms. The third-order valence-electron chi connectivity index (χ3n) is 6.08. The topological polar surface area (TPSA) is 76.5 Å². The molecular formula is C22H27ClN4O3. The largest absolute Gasteiger partial charge is 0.373 e. The molecule has 0 saturated carbocycles. The first-order chi connectivity index (χ1) is 14.5. The predicted molar refractivity (Wildman–Crippen MR) is 114 cm³/mol. The molecular weight excluding hydrogens is 404 g/mol. The molecule has 2 aliphatic heterocycles. The van der Waals surface area contributed by atoms with E-state index in [1.165, 1.54) is 0 Å². The number of nitrogens with zero attached hydrogens (tertiary/aromatic N) is 3. The number of aromatic nitrogens is 2. The summed E-state index contributed by atoms with van der Waals surface area (Å²) in [6.45, 7) is 6.24. The van der Waals surface area contributed by atoms with E-state index in [1.54, 1.807) is 18.5 Å². The Morgan fingerprint density at radius 2 is 2.23 bits per heavy atom. The molecule has 30 heavy (non-hydrogen) atoms. The number of ether oxygens (including phenoxy) is 1. The first kappa shape index (κ1) is 20.9. The molecule has 8 heteroatoms. The minimum atomic E-state index is -0.245. The Balaban J connectivity index is 1.63. The second kappa shape index (κ2) is 8.78. The fourth-order valence-corrected chi connectivity index (χ4v) is 4.64. The van der Waals surface area contributed by atoms with Gasteiger partial charge in [-0.3, -0.25) is 14.6 Å². The van der Waals surface area contributed by atoms with Crippen LogP contribution in [0.25, 0.3) is 0 Å². The van der Waals surface area contributed by atoms with Crippen LogP contribution in [0.15, 0.2) is 24.5 Å². The number of nitrogens with one attached hydrogen (secondary N) is 1. The number of carbonyl (C=O) groups excluding carboxylic acids is 2. The van der Waals surface area contributed by atoms with E-state index in [9.17, 15) is 9.59 Å². The maximum Gasteiger partial charge on any atom is 0.270 e. The van der Waals surface area contributed by atoms with Crippen LogP contribution >= 0.6 is 11.6 Å². The monoisotopic (exact) mass is 430 g/mol. The summed E-state index contributed by atoms with van der Waals surface area (Å²) in [4.78, 5) is 32.4. The van der Waals surface area contributed by atoms with Crippen molar-refractivity contribution in [2.45, 2.75) is 58.3 Å². The average Bonchev–Trinajstić information content (AvgIpc) is 3.36. The van der Waals surface area contributed by atoms with Crippen LogP contribution in [-0.2, 0) is 17.9 Å². The molecule has 1 fully saturated rings. The van der Waals surface area contributed by atoms with Crippen molar-refractivity contribution in [2.75, 3.05) is 13.2 Å². The molecule has 0 aliphatic carbocycles. The molecule has 2 atom stereocenters. The zero-order valence-corrected chi connectivity index (χ0v) is 18.1. The summed E-state index contributed by atoms with van der Waals surface area (Å²) in [6, 6.07) is 3.52. The molecule has 0 aromatic carbocycles. The third-order valence-corrected chi connectivity index (χ3v) is 6.39. The van der Waals surface area contributed by atoms with Crippen molar-refractivity contribution >= 4 is 23.4 Å². The normalized spacial score (nSPS) is 19.4. The van der Waals surface area contributed by atoms with Gasteiger partial charge >= 0.3 is 0 Å². The molecule has 0 bridgehead atoms. The van der Waals surface area contributed by atoms with Crippen molar-refractivity contribution in [3.8, 4) is 0 Å².